The van der Waals surface area contributed by atoms with Crippen LogP contribution in [-0.2, 0) is 11.2 Å². The monoisotopic (exact) mass is 303 g/mol. The van der Waals surface area contributed by atoms with E-state index in [1.165, 1.54) is 32.8 Å². The number of ether oxygens (including phenoxy) is 1. The Morgan fingerprint density at radius 3 is 2.41 bits per heavy atom. The lowest BCUT2D eigenvalue weighted by Gasteiger charge is -2.21. The van der Waals surface area contributed by atoms with Crippen molar-refractivity contribution in [3.05, 3.63) is 35.4 Å². The second-order valence-electron chi connectivity index (χ2n) is 5.58. The fourth-order valence-electron chi connectivity index (χ4n) is 2.62. The molecule has 0 aliphatic carbocycles. The molecule has 0 unspecified atom stereocenters. The number of esters is 1. The van der Waals surface area contributed by atoms with Crippen LogP contribution < -0.4 is 5.73 Å². The van der Waals surface area contributed by atoms with Gasteiger partial charge in [-0.2, -0.15) is 0 Å². The standard InChI is InChI=1S/C17H25N3O2/c1-22-16(21)15-8-6-14(7-9-15)10-11-19-17(18)20-12-4-2-3-5-13-20/h6-9H,2-5,10-13H2,1H3,(H2,18,19). The predicted octanol–water partition coefficient (Wildman–Crippen LogP) is 2.21. The van der Waals surface area contributed by atoms with Crippen molar-refractivity contribution >= 4 is 11.9 Å². The van der Waals surface area contributed by atoms with E-state index in [0.717, 1.165) is 25.1 Å². The summed E-state index contributed by atoms with van der Waals surface area (Å²) in [4.78, 5) is 18.0. The molecule has 5 nitrogen and oxygen atoms in total. The average molecular weight is 303 g/mol. The third kappa shape index (κ3) is 4.76. The van der Waals surface area contributed by atoms with Gasteiger partial charge in [0.1, 0.15) is 0 Å². The van der Waals surface area contributed by atoms with Crippen molar-refractivity contribution in [2.45, 2.75) is 32.1 Å². The number of carbonyl (C=O) groups is 1. The predicted molar refractivity (Wildman–Crippen MR) is 88.0 cm³/mol. The molecule has 0 atom stereocenters. The van der Waals surface area contributed by atoms with Gasteiger partial charge in [0.25, 0.3) is 0 Å². The topological polar surface area (TPSA) is 67.9 Å². The molecule has 1 heterocycles. The van der Waals surface area contributed by atoms with Gasteiger partial charge in [-0.3, -0.25) is 4.99 Å². The molecule has 1 aliphatic rings. The second-order valence-corrected chi connectivity index (χ2v) is 5.58. The summed E-state index contributed by atoms with van der Waals surface area (Å²) in [6.07, 6.45) is 5.79. The number of nitrogens with zero attached hydrogens (tertiary/aromatic N) is 2. The molecule has 1 saturated heterocycles. The largest absolute Gasteiger partial charge is 0.465 e. The molecule has 0 saturated carbocycles. The zero-order chi connectivity index (χ0) is 15.8. The molecule has 120 valence electrons. The van der Waals surface area contributed by atoms with Gasteiger partial charge in [-0.1, -0.05) is 25.0 Å². The normalized spacial score (nSPS) is 16.2. The highest BCUT2D eigenvalue weighted by atomic mass is 16.5. The van der Waals surface area contributed by atoms with E-state index >= 15 is 0 Å². The lowest BCUT2D eigenvalue weighted by Crippen LogP contribution is -2.38. The van der Waals surface area contributed by atoms with Crippen LogP contribution in [0.2, 0.25) is 0 Å². The van der Waals surface area contributed by atoms with Crippen LogP contribution in [0.1, 0.15) is 41.6 Å². The number of carbonyl (C=O) groups excluding carboxylic acids is 1. The molecule has 2 N–H and O–H groups in total. The van der Waals surface area contributed by atoms with Gasteiger partial charge in [0.15, 0.2) is 5.96 Å². The van der Waals surface area contributed by atoms with Crippen molar-refractivity contribution < 1.29 is 9.53 Å². The number of likely N-dealkylation sites (tertiary alicyclic amines) is 1. The summed E-state index contributed by atoms with van der Waals surface area (Å²) in [7, 11) is 1.39. The zero-order valence-electron chi connectivity index (χ0n) is 13.3. The molecule has 0 bridgehead atoms. The number of hydrogen-bond acceptors (Lipinski definition) is 3. The van der Waals surface area contributed by atoms with Gasteiger partial charge in [-0.15, -0.1) is 0 Å². The highest BCUT2D eigenvalue weighted by Gasteiger charge is 2.10. The molecule has 5 heteroatoms. The van der Waals surface area contributed by atoms with Crippen molar-refractivity contribution in [2.75, 3.05) is 26.7 Å². The van der Waals surface area contributed by atoms with E-state index in [1.54, 1.807) is 12.1 Å². The second kappa shape index (κ2) is 8.41. The quantitative estimate of drug-likeness (QED) is 0.526. The van der Waals surface area contributed by atoms with E-state index in [9.17, 15) is 4.79 Å². The Labute approximate surface area is 132 Å². The number of benzene rings is 1. The van der Waals surface area contributed by atoms with Crippen molar-refractivity contribution in [3.8, 4) is 0 Å². The van der Waals surface area contributed by atoms with Crippen LogP contribution in [0, 0.1) is 0 Å². The van der Waals surface area contributed by atoms with Crippen LogP contribution in [0.4, 0.5) is 0 Å². The maximum atomic E-state index is 11.4. The first kappa shape index (κ1) is 16.3. The molecule has 1 aliphatic heterocycles. The Bertz CT molecular complexity index is 503. The number of methoxy groups -OCH3 is 1. The fraction of sp³-hybridized carbons (Fsp3) is 0.529. The summed E-state index contributed by atoms with van der Waals surface area (Å²) < 4.78 is 4.68. The molecular formula is C17H25N3O2. The SMILES string of the molecule is COC(=O)c1ccc(CCN=C(N)N2CCCCCC2)cc1. The Kier molecular flexibility index (Phi) is 6.25. The summed E-state index contributed by atoms with van der Waals surface area (Å²) in [5, 5.41) is 0. The molecule has 22 heavy (non-hydrogen) atoms. The minimum absolute atomic E-state index is 0.310. The minimum Gasteiger partial charge on any atom is -0.465 e. The molecule has 1 fully saturated rings. The highest BCUT2D eigenvalue weighted by Crippen LogP contribution is 2.10. The maximum Gasteiger partial charge on any atom is 0.337 e. The van der Waals surface area contributed by atoms with Gasteiger partial charge in [-0.05, 0) is 37.0 Å². The first-order valence-electron chi connectivity index (χ1n) is 7.93. The minimum atomic E-state index is -0.310. The first-order chi connectivity index (χ1) is 10.7. The Morgan fingerprint density at radius 2 is 1.82 bits per heavy atom. The summed E-state index contributed by atoms with van der Waals surface area (Å²) >= 11 is 0. The fourth-order valence-corrected chi connectivity index (χ4v) is 2.62. The number of hydrogen-bond donors (Lipinski definition) is 1. The van der Waals surface area contributed by atoms with Crippen LogP contribution in [-0.4, -0.2) is 43.6 Å². The van der Waals surface area contributed by atoms with Crippen molar-refractivity contribution in [1.82, 2.24) is 4.90 Å². The highest BCUT2D eigenvalue weighted by molar-refractivity contribution is 5.89. The van der Waals surface area contributed by atoms with Gasteiger partial charge in [0.05, 0.1) is 12.7 Å². The summed E-state index contributed by atoms with van der Waals surface area (Å²) in [6.45, 7) is 2.70. The molecule has 0 aromatic heterocycles. The van der Waals surface area contributed by atoms with Crippen molar-refractivity contribution in [2.24, 2.45) is 10.7 Å². The van der Waals surface area contributed by atoms with E-state index in [1.807, 2.05) is 12.1 Å². The molecule has 0 spiro atoms. The van der Waals surface area contributed by atoms with E-state index < -0.39 is 0 Å². The van der Waals surface area contributed by atoms with Crippen molar-refractivity contribution in [1.29, 1.82) is 0 Å². The van der Waals surface area contributed by atoms with Crippen LogP contribution in [0.15, 0.2) is 29.3 Å². The Balaban J connectivity index is 1.84. The van der Waals surface area contributed by atoms with Gasteiger partial charge in [0, 0.05) is 19.6 Å². The number of nitrogens with two attached hydrogens (primary N) is 1. The average Bonchev–Trinajstić information content (AvgIpc) is 2.84. The van der Waals surface area contributed by atoms with E-state index in [-0.39, 0.29) is 5.97 Å². The van der Waals surface area contributed by atoms with Crippen LogP contribution in [0.25, 0.3) is 0 Å². The van der Waals surface area contributed by atoms with Crippen LogP contribution in [0.3, 0.4) is 0 Å². The van der Waals surface area contributed by atoms with E-state index in [4.69, 9.17) is 5.73 Å². The summed E-state index contributed by atoms with van der Waals surface area (Å²) in [5.41, 5.74) is 7.79. The van der Waals surface area contributed by atoms with Gasteiger partial charge < -0.3 is 15.4 Å². The lowest BCUT2D eigenvalue weighted by molar-refractivity contribution is 0.0600. The van der Waals surface area contributed by atoms with Gasteiger partial charge in [-0.25, -0.2) is 4.79 Å². The molecule has 1 aromatic rings. The number of aliphatic imine (C=N–C) groups is 1. The molecule has 2 rings (SSSR count). The van der Waals surface area contributed by atoms with Crippen LogP contribution >= 0.6 is 0 Å². The van der Waals surface area contributed by atoms with Crippen molar-refractivity contribution in [3.63, 3.8) is 0 Å². The molecule has 0 radical (unpaired) electrons. The van der Waals surface area contributed by atoms with E-state index in [2.05, 4.69) is 14.6 Å². The third-order valence-electron chi connectivity index (χ3n) is 3.98. The smallest absolute Gasteiger partial charge is 0.337 e. The number of rotatable bonds is 4. The Morgan fingerprint density at radius 1 is 1.18 bits per heavy atom. The van der Waals surface area contributed by atoms with Gasteiger partial charge >= 0.3 is 5.97 Å². The summed E-state index contributed by atoms with van der Waals surface area (Å²) in [6, 6.07) is 7.43. The maximum absolute atomic E-state index is 11.4. The molecule has 1 aromatic carbocycles. The third-order valence-corrected chi connectivity index (χ3v) is 3.98. The first-order valence-corrected chi connectivity index (χ1v) is 7.93. The molecular weight excluding hydrogens is 278 g/mol. The molecule has 0 amide bonds. The zero-order valence-corrected chi connectivity index (χ0v) is 13.3. The van der Waals surface area contributed by atoms with Crippen LogP contribution in [0.5, 0.6) is 0 Å². The van der Waals surface area contributed by atoms with Gasteiger partial charge in [0.2, 0.25) is 0 Å². The Hall–Kier alpha value is -2.04. The van der Waals surface area contributed by atoms with E-state index in [0.29, 0.717) is 18.1 Å². The summed E-state index contributed by atoms with van der Waals surface area (Å²) in [5.74, 6) is 0.350. The lowest BCUT2D eigenvalue weighted by atomic mass is 10.1. The number of guanidine groups is 1.